The van der Waals surface area contributed by atoms with Gasteiger partial charge in [-0.2, -0.15) is 5.26 Å². The van der Waals surface area contributed by atoms with Crippen LogP contribution < -0.4 is 11.1 Å². The van der Waals surface area contributed by atoms with Crippen molar-refractivity contribution in [1.82, 2.24) is 0 Å². The predicted molar refractivity (Wildman–Crippen MR) is 78.0 cm³/mol. The van der Waals surface area contributed by atoms with Crippen molar-refractivity contribution in [3.63, 3.8) is 0 Å². The molecule has 100 valence electrons. The van der Waals surface area contributed by atoms with Crippen molar-refractivity contribution in [2.24, 2.45) is 5.73 Å². The zero-order valence-electron chi connectivity index (χ0n) is 10.9. The van der Waals surface area contributed by atoms with Gasteiger partial charge in [-0.25, -0.2) is 0 Å². The molecule has 0 aromatic heterocycles. The molecule has 0 fully saturated rings. The summed E-state index contributed by atoms with van der Waals surface area (Å²) < 4.78 is 0. The van der Waals surface area contributed by atoms with E-state index in [1.54, 1.807) is 18.2 Å². The lowest BCUT2D eigenvalue weighted by molar-refractivity contribution is 0.100. The Morgan fingerprint density at radius 3 is 2.60 bits per heavy atom. The second-order valence-corrected chi connectivity index (χ2v) is 4.41. The minimum atomic E-state index is -0.467. The highest BCUT2D eigenvalue weighted by atomic mass is 16.1. The Bertz CT molecular complexity index is 632. The van der Waals surface area contributed by atoms with Gasteiger partial charge in [0.05, 0.1) is 18.5 Å². The van der Waals surface area contributed by atoms with Crippen LogP contribution in [0.2, 0.25) is 0 Å². The number of hydrogen-bond acceptors (Lipinski definition) is 3. The van der Waals surface area contributed by atoms with E-state index in [4.69, 9.17) is 11.0 Å². The molecule has 0 bridgehead atoms. The molecule has 20 heavy (non-hydrogen) atoms. The summed E-state index contributed by atoms with van der Waals surface area (Å²) in [7, 11) is 0. The molecule has 1 amide bonds. The maximum atomic E-state index is 11.2. The molecular formula is C16H15N3O. The van der Waals surface area contributed by atoms with Gasteiger partial charge in [-0.15, -0.1) is 0 Å². The molecule has 0 saturated heterocycles. The normalized spacial score (nSPS) is 11.3. The lowest BCUT2D eigenvalue weighted by Crippen LogP contribution is -2.13. The van der Waals surface area contributed by atoms with E-state index in [0.717, 1.165) is 11.3 Å². The highest BCUT2D eigenvalue weighted by Crippen LogP contribution is 2.22. The standard InChI is InChI=1S/C16H15N3O/c17-10-9-15(12-5-2-1-3-6-12)19-14-8-4-7-13(11-14)16(18)20/h1-8,11,15,19H,9H2,(H2,18,20). The first-order valence-electron chi connectivity index (χ1n) is 6.29. The molecule has 1 unspecified atom stereocenters. The molecular weight excluding hydrogens is 250 g/mol. The van der Waals surface area contributed by atoms with Crippen molar-refractivity contribution in [3.8, 4) is 6.07 Å². The van der Waals surface area contributed by atoms with Gasteiger partial charge in [0.25, 0.3) is 0 Å². The van der Waals surface area contributed by atoms with Crippen LogP contribution in [0.15, 0.2) is 54.6 Å². The molecule has 4 nitrogen and oxygen atoms in total. The number of benzene rings is 2. The van der Waals surface area contributed by atoms with Crippen LogP contribution in [0.5, 0.6) is 0 Å². The summed E-state index contributed by atoms with van der Waals surface area (Å²) in [6.07, 6.45) is 0.338. The second-order valence-electron chi connectivity index (χ2n) is 4.41. The molecule has 0 radical (unpaired) electrons. The zero-order valence-corrected chi connectivity index (χ0v) is 10.9. The molecule has 1 atom stereocenters. The first-order chi connectivity index (χ1) is 9.70. The van der Waals surface area contributed by atoms with Gasteiger partial charge in [0.1, 0.15) is 0 Å². The molecule has 0 aliphatic carbocycles. The molecule has 0 saturated carbocycles. The minimum Gasteiger partial charge on any atom is -0.377 e. The number of nitrogens with one attached hydrogen (secondary N) is 1. The molecule has 0 heterocycles. The molecule has 3 N–H and O–H groups in total. The highest BCUT2D eigenvalue weighted by molar-refractivity contribution is 5.93. The number of rotatable bonds is 5. The van der Waals surface area contributed by atoms with Crippen molar-refractivity contribution in [2.45, 2.75) is 12.5 Å². The van der Waals surface area contributed by atoms with Crippen molar-refractivity contribution >= 4 is 11.6 Å². The van der Waals surface area contributed by atoms with E-state index < -0.39 is 5.91 Å². The number of carbonyl (C=O) groups excluding carboxylic acids is 1. The third-order valence-electron chi connectivity index (χ3n) is 2.99. The maximum absolute atomic E-state index is 11.2. The van der Waals surface area contributed by atoms with Crippen molar-refractivity contribution < 1.29 is 4.79 Å². The fourth-order valence-corrected chi connectivity index (χ4v) is 1.99. The summed E-state index contributed by atoms with van der Waals surface area (Å²) in [5, 5.41) is 12.2. The molecule has 0 aliphatic rings. The van der Waals surface area contributed by atoms with Crippen LogP contribution >= 0.6 is 0 Å². The lowest BCUT2D eigenvalue weighted by Gasteiger charge is -2.18. The Hall–Kier alpha value is -2.80. The fraction of sp³-hybridized carbons (Fsp3) is 0.125. The molecule has 2 aromatic carbocycles. The van der Waals surface area contributed by atoms with Crippen LogP contribution in [0.25, 0.3) is 0 Å². The summed E-state index contributed by atoms with van der Waals surface area (Å²) in [5.41, 5.74) is 7.50. The van der Waals surface area contributed by atoms with E-state index in [2.05, 4.69) is 11.4 Å². The molecule has 0 spiro atoms. The Labute approximate surface area is 117 Å². The Morgan fingerprint density at radius 1 is 1.20 bits per heavy atom. The SMILES string of the molecule is N#CCC(Nc1cccc(C(N)=O)c1)c1ccccc1. The van der Waals surface area contributed by atoms with Gasteiger partial charge in [-0.05, 0) is 23.8 Å². The third kappa shape index (κ3) is 3.36. The first kappa shape index (κ1) is 13.6. The van der Waals surface area contributed by atoms with Gasteiger partial charge in [-0.1, -0.05) is 36.4 Å². The number of nitriles is 1. The quantitative estimate of drug-likeness (QED) is 0.872. The number of nitrogens with zero attached hydrogens (tertiary/aromatic N) is 1. The third-order valence-corrected chi connectivity index (χ3v) is 2.99. The summed E-state index contributed by atoms with van der Waals surface area (Å²) >= 11 is 0. The van der Waals surface area contributed by atoms with E-state index in [0.29, 0.717) is 12.0 Å². The first-order valence-corrected chi connectivity index (χ1v) is 6.29. The molecule has 0 aliphatic heterocycles. The van der Waals surface area contributed by atoms with Crippen LogP contribution in [0.4, 0.5) is 5.69 Å². The Morgan fingerprint density at radius 2 is 1.95 bits per heavy atom. The number of amides is 1. The highest BCUT2D eigenvalue weighted by Gasteiger charge is 2.11. The van der Waals surface area contributed by atoms with Crippen LogP contribution in [0, 0.1) is 11.3 Å². The minimum absolute atomic E-state index is 0.121. The van der Waals surface area contributed by atoms with E-state index >= 15 is 0 Å². The average Bonchev–Trinajstić information content (AvgIpc) is 2.48. The van der Waals surface area contributed by atoms with Gasteiger partial charge < -0.3 is 11.1 Å². The van der Waals surface area contributed by atoms with Gasteiger partial charge in [-0.3, -0.25) is 4.79 Å². The monoisotopic (exact) mass is 265 g/mol. The van der Waals surface area contributed by atoms with Gasteiger partial charge >= 0.3 is 0 Å². The second kappa shape index (κ2) is 6.39. The van der Waals surface area contributed by atoms with Gasteiger partial charge in [0.2, 0.25) is 5.91 Å². The summed E-state index contributed by atoms with van der Waals surface area (Å²) in [4.78, 5) is 11.2. The summed E-state index contributed by atoms with van der Waals surface area (Å²) in [6, 6.07) is 18.7. The van der Waals surface area contributed by atoms with Gasteiger partial charge in [0.15, 0.2) is 0 Å². The Kier molecular flexibility index (Phi) is 4.35. The zero-order chi connectivity index (χ0) is 14.4. The molecule has 2 aromatic rings. The number of carbonyl (C=O) groups is 1. The van der Waals surface area contributed by atoms with Crippen LogP contribution in [0.3, 0.4) is 0 Å². The number of hydrogen-bond donors (Lipinski definition) is 2. The summed E-state index contributed by atoms with van der Waals surface area (Å²) in [5.74, 6) is -0.467. The topological polar surface area (TPSA) is 78.9 Å². The molecule has 2 rings (SSSR count). The average molecular weight is 265 g/mol. The van der Waals surface area contributed by atoms with E-state index in [1.165, 1.54) is 0 Å². The van der Waals surface area contributed by atoms with E-state index in [-0.39, 0.29) is 6.04 Å². The van der Waals surface area contributed by atoms with E-state index in [1.807, 2.05) is 36.4 Å². The van der Waals surface area contributed by atoms with Crippen molar-refractivity contribution in [3.05, 3.63) is 65.7 Å². The maximum Gasteiger partial charge on any atom is 0.248 e. The van der Waals surface area contributed by atoms with Gasteiger partial charge in [0, 0.05) is 11.3 Å². The van der Waals surface area contributed by atoms with Crippen molar-refractivity contribution in [2.75, 3.05) is 5.32 Å². The fourth-order valence-electron chi connectivity index (χ4n) is 1.99. The smallest absolute Gasteiger partial charge is 0.248 e. The van der Waals surface area contributed by atoms with Crippen LogP contribution in [-0.4, -0.2) is 5.91 Å². The molecule has 4 heteroatoms. The lowest BCUT2D eigenvalue weighted by atomic mass is 10.0. The van der Waals surface area contributed by atoms with Crippen LogP contribution in [0.1, 0.15) is 28.4 Å². The number of primary amides is 1. The summed E-state index contributed by atoms with van der Waals surface area (Å²) in [6.45, 7) is 0. The van der Waals surface area contributed by atoms with Crippen LogP contribution in [-0.2, 0) is 0 Å². The number of nitrogens with two attached hydrogens (primary N) is 1. The number of anilines is 1. The van der Waals surface area contributed by atoms with E-state index in [9.17, 15) is 4.79 Å². The van der Waals surface area contributed by atoms with Crippen molar-refractivity contribution in [1.29, 1.82) is 5.26 Å². The predicted octanol–water partition coefficient (Wildman–Crippen LogP) is 2.85. The largest absolute Gasteiger partial charge is 0.377 e. The Balaban J connectivity index is 2.23.